The molecule has 1 aliphatic rings. The highest BCUT2D eigenvalue weighted by atomic mass is 16.5. The van der Waals surface area contributed by atoms with Gasteiger partial charge >= 0.3 is 0 Å². The summed E-state index contributed by atoms with van der Waals surface area (Å²) < 4.78 is 11.4. The van der Waals surface area contributed by atoms with E-state index in [1.807, 2.05) is 25.1 Å². The highest BCUT2D eigenvalue weighted by molar-refractivity contribution is 6.21. The summed E-state index contributed by atoms with van der Waals surface area (Å²) in [4.78, 5) is 35.8. The number of amides is 3. The SMILES string of the molecule is Cc1cccc(OC(C)C(=O)Nc2ccc(Oc3ccc4c(c3)C(=O)NC4=O)cc2)c1. The van der Waals surface area contributed by atoms with Gasteiger partial charge in [-0.05, 0) is 74.0 Å². The molecule has 7 nitrogen and oxygen atoms in total. The molecule has 3 aromatic carbocycles. The molecule has 0 fully saturated rings. The minimum Gasteiger partial charge on any atom is -0.481 e. The van der Waals surface area contributed by atoms with Crippen molar-refractivity contribution < 1.29 is 23.9 Å². The van der Waals surface area contributed by atoms with Crippen LogP contribution in [0.25, 0.3) is 0 Å². The summed E-state index contributed by atoms with van der Waals surface area (Å²) >= 11 is 0. The molecule has 0 aliphatic carbocycles. The zero-order chi connectivity index (χ0) is 22.0. The number of carbonyl (C=O) groups is 3. The van der Waals surface area contributed by atoms with Crippen molar-refractivity contribution in [3.63, 3.8) is 0 Å². The lowest BCUT2D eigenvalue weighted by Gasteiger charge is -2.15. The van der Waals surface area contributed by atoms with Crippen LogP contribution < -0.4 is 20.1 Å². The van der Waals surface area contributed by atoms with Crippen molar-refractivity contribution in [2.75, 3.05) is 5.32 Å². The summed E-state index contributed by atoms with van der Waals surface area (Å²) in [6.07, 6.45) is -0.669. The number of hydrogen-bond donors (Lipinski definition) is 2. The molecule has 3 amide bonds. The molecule has 1 atom stereocenters. The van der Waals surface area contributed by atoms with Gasteiger partial charge in [-0.1, -0.05) is 12.1 Å². The molecule has 0 aromatic heterocycles. The Morgan fingerprint density at radius 3 is 2.32 bits per heavy atom. The standard InChI is InChI=1S/C24H20N2O5/c1-14-4-3-5-18(12-14)30-15(2)22(27)25-16-6-8-17(9-7-16)31-19-10-11-20-21(13-19)24(29)26-23(20)28/h3-13,15H,1-2H3,(H,25,27)(H,26,28,29). The maximum Gasteiger partial charge on any atom is 0.265 e. The summed E-state index contributed by atoms with van der Waals surface area (Å²) in [6, 6.07) is 19.0. The monoisotopic (exact) mass is 416 g/mol. The van der Waals surface area contributed by atoms with E-state index in [1.165, 1.54) is 6.07 Å². The van der Waals surface area contributed by atoms with Gasteiger partial charge in [0.2, 0.25) is 0 Å². The van der Waals surface area contributed by atoms with Gasteiger partial charge in [0.25, 0.3) is 17.7 Å². The Hall–Kier alpha value is -4.13. The van der Waals surface area contributed by atoms with Crippen LogP contribution in [0.5, 0.6) is 17.2 Å². The molecule has 31 heavy (non-hydrogen) atoms. The van der Waals surface area contributed by atoms with Crippen LogP contribution in [0, 0.1) is 6.92 Å². The number of rotatable bonds is 6. The van der Waals surface area contributed by atoms with Crippen molar-refractivity contribution in [3.05, 3.63) is 83.4 Å². The van der Waals surface area contributed by atoms with Gasteiger partial charge in [0, 0.05) is 5.69 Å². The van der Waals surface area contributed by atoms with Gasteiger partial charge in [-0.3, -0.25) is 19.7 Å². The lowest BCUT2D eigenvalue weighted by molar-refractivity contribution is -0.122. The zero-order valence-corrected chi connectivity index (χ0v) is 17.0. The van der Waals surface area contributed by atoms with E-state index in [1.54, 1.807) is 49.4 Å². The number of anilines is 1. The number of carbonyl (C=O) groups excluding carboxylic acids is 3. The lowest BCUT2D eigenvalue weighted by atomic mass is 10.1. The Morgan fingerprint density at radius 2 is 1.58 bits per heavy atom. The Bertz CT molecular complexity index is 1170. The molecule has 2 N–H and O–H groups in total. The minimum atomic E-state index is -0.669. The van der Waals surface area contributed by atoms with Gasteiger partial charge in [-0.25, -0.2) is 0 Å². The van der Waals surface area contributed by atoms with E-state index in [4.69, 9.17) is 9.47 Å². The van der Waals surface area contributed by atoms with Crippen LogP contribution in [-0.2, 0) is 4.79 Å². The van der Waals surface area contributed by atoms with E-state index in [2.05, 4.69) is 10.6 Å². The highest BCUT2D eigenvalue weighted by Gasteiger charge is 2.27. The topological polar surface area (TPSA) is 93.7 Å². The van der Waals surface area contributed by atoms with Gasteiger partial charge in [-0.2, -0.15) is 0 Å². The van der Waals surface area contributed by atoms with Gasteiger partial charge in [0.1, 0.15) is 17.2 Å². The summed E-state index contributed by atoms with van der Waals surface area (Å²) in [7, 11) is 0. The smallest absolute Gasteiger partial charge is 0.265 e. The first kappa shape index (κ1) is 20.2. The van der Waals surface area contributed by atoms with Crippen molar-refractivity contribution in [2.24, 2.45) is 0 Å². The predicted octanol–water partition coefficient (Wildman–Crippen LogP) is 4.08. The number of imide groups is 1. The predicted molar refractivity (Wildman–Crippen MR) is 115 cm³/mol. The van der Waals surface area contributed by atoms with Crippen LogP contribution >= 0.6 is 0 Å². The van der Waals surface area contributed by atoms with Crippen LogP contribution in [0.4, 0.5) is 5.69 Å². The Morgan fingerprint density at radius 1 is 0.871 bits per heavy atom. The molecule has 0 radical (unpaired) electrons. The fourth-order valence-corrected chi connectivity index (χ4v) is 3.14. The summed E-state index contributed by atoms with van der Waals surface area (Å²) in [5.74, 6) is 0.464. The molecule has 0 spiro atoms. The number of nitrogens with one attached hydrogen (secondary N) is 2. The largest absolute Gasteiger partial charge is 0.481 e. The third-order valence-electron chi connectivity index (χ3n) is 4.74. The van der Waals surface area contributed by atoms with Crippen LogP contribution in [-0.4, -0.2) is 23.8 Å². The number of ether oxygens (including phenoxy) is 2. The molecule has 0 bridgehead atoms. The normalized spacial score (nSPS) is 13.2. The molecular weight excluding hydrogens is 396 g/mol. The Labute approximate surface area is 179 Å². The lowest BCUT2D eigenvalue weighted by Crippen LogP contribution is -2.30. The third kappa shape index (κ3) is 4.56. The summed E-state index contributed by atoms with van der Waals surface area (Å²) in [6.45, 7) is 3.64. The van der Waals surface area contributed by atoms with Crippen LogP contribution in [0.15, 0.2) is 66.7 Å². The van der Waals surface area contributed by atoms with Gasteiger partial charge in [0.15, 0.2) is 6.10 Å². The van der Waals surface area contributed by atoms with Gasteiger partial charge in [-0.15, -0.1) is 0 Å². The van der Waals surface area contributed by atoms with Gasteiger partial charge in [0.05, 0.1) is 11.1 Å². The zero-order valence-electron chi connectivity index (χ0n) is 17.0. The average Bonchev–Trinajstić information content (AvgIpc) is 3.02. The fraction of sp³-hybridized carbons (Fsp3) is 0.125. The molecule has 7 heteroatoms. The van der Waals surface area contributed by atoms with E-state index in [0.717, 1.165) is 5.56 Å². The third-order valence-corrected chi connectivity index (χ3v) is 4.74. The number of fused-ring (bicyclic) bond motifs is 1. The average molecular weight is 416 g/mol. The molecule has 0 saturated carbocycles. The van der Waals surface area contributed by atoms with E-state index in [0.29, 0.717) is 28.5 Å². The Balaban J connectivity index is 1.37. The summed E-state index contributed by atoms with van der Waals surface area (Å²) in [5, 5.41) is 5.04. The van der Waals surface area contributed by atoms with Crippen LogP contribution in [0.2, 0.25) is 0 Å². The second kappa shape index (κ2) is 8.31. The Kier molecular flexibility index (Phi) is 5.41. The first-order chi connectivity index (χ1) is 14.9. The van der Waals surface area contributed by atoms with Crippen molar-refractivity contribution in [3.8, 4) is 17.2 Å². The maximum absolute atomic E-state index is 12.4. The van der Waals surface area contributed by atoms with Gasteiger partial charge < -0.3 is 14.8 Å². The van der Waals surface area contributed by atoms with E-state index in [9.17, 15) is 14.4 Å². The second-order valence-corrected chi connectivity index (χ2v) is 7.18. The first-order valence-corrected chi connectivity index (χ1v) is 9.71. The molecular formula is C24H20N2O5. The summed E-state index contributed by atoms with van der Waals surface area (Å²) in [5.41, 5.74) is 2.26. The van der Waals surface area contributed by atoms with Crippen molar-refractivity contribution >= 4 is 23.4 Å². The minimum absolute atomic E-state index is 0.274. The van der Waals surface area contributed by atoms with Crippen molar-refractivity contribution in [1.82, 2.24) is 5.32 Å². The molecule has 1 unspecified atom stereocenters. The second-order valence-electron chi connectivity index (χ2n) is 7.18. The number of benzene rings is 3. The van der Waals surface area contributed by atoms with Crippen molar-refractivity contribution in [2.45, 2.75) is 20.0 Å². The van der Waals surface area contributed by atoms with Crippen LogP contribution in [0.1, 0.15) is 33.2 Å². The molecule has 1 aliphatic heterocycles. The highest BCUT2D eigenvalue weighted by Crippen LogP contribution is 2.27. The van der Waals surface area contributed by atoms with Crippen molar-refractivity contribution in [1.29, 1.82) is 0 Å². The molecule has 1 heterocycles. The number of hydrogen-bond acceptors (Lipinski definition) is 5. The maximum atomic E-state index is 12.4. The molecule has 4 rings (SSSR count). The molecule has 156 valence electrons. The van der Waals surface area contributed by atoms with E-state index in [-0.39, 0.29) is 11.5 Å². The fourth-order valence-electron chi connectivity index (χ4n) is 3.14. The molecule has 0 saturated heterocycles. The quantitative estimate of drug-likeness (QED) is 0.591. The van der Waals surface area contributed by atoms with E-state index >= 15 is 0 Å². The van der Waals surface area contributed by atoms with Crippen LogP contribution in [0.3, 0.4) is 0 Å². The number of aryl methyl sites for hydroxylation is 1. The van der Waals surface area contributed by atoms with E-state index < -0.39 is 17.9 Å². The molecule has 3 aromatic rings. The first-order valence-electron chi connectivity index (χ1n) is 9.71.